The molecule has 0 saturated heterocycles. The van der Waals surface area contributed by atoms with Gasteiger partial charge in [-0.25, -0.2) is 9.78 Å². The fraction of sp³-hybridized carbons (Fsp3) is 0.231. The molecule has 4 aromatic rings. The smallest absolute Gasteiger partial charge is 0.350 e. The van der Waals surface area contributed by atoms with Crippen LogP contribution in [0.3, 0.4) is 0 Å². The number of thiazole rings is 1. The summed E-state index contributed by atoms with van der Waals surface area (Å²) in [5.74, 6) is -0.434. The van der Waals surface area contributed by atoms with Crippen LogP contribution in [0.1, 0.15) is 56.9 Å². The Hall–Kier alpha value is -3.98. The number of esters is 1. The van der Waals surface area contributed by atoms with Crippen molar-refractivity contribution in [2.75, 3.05) is 18.1 Å². The van der Waals surface area contributed by atoms with Gasteiger partial charge in [0.2, 0.25) is 5.76 Å². The quantitative estimate of drug-likeness (QED) is 0.355. The van der Waals surface area contributed by atoms with E-state index in [1.165, 1.54) is 4.90 Å². The van der Waals surface area contributed by atoms with Crippen LogP contribution in [0.25, 0.3) is 11.0 Å². The molecule has 0 radical (unpaired) electrons. The molecule has 0 saturated carbocycles. The number of hydrogen-bond donors (Lipinski definition) is 0. The summed E-state index contributed by atoms with van der Waals surface area (Å²) in [6.07, 6.45) is 0. The minimum atomic E-state index is -0.806. The predicted octanol–water partition coefficient (Wildman–Crippen LogP) is 4.88. The first-order chi connectivity index (χ1) is 16.9. The molecule has 5 rings (SSSR count). The number of fused-ring (bicyclic) bond motifs is 2. The number of benzene rings is 2. The van der Waals surface area contributed by atoms with Gasteiger partial charge in [-0.2, -0.15) is 0 Å². The van der Waals surface area contributed by atoms with Gasteiger partial charge in [0.15, 0.2) is 10.6 Å². The molecule has 3 heterocycles. The lowest BCUT2D eigenvalue weighted by molar-refractivity contribution is 0.0531. The van der Waals surface area contributed by atoms with E-state index in [-0.39, 0.29) is 28.5 Å². The summed E-state index contributed by atoms with van der Waals surface area (Å²) in [7, 11) is 0. The zero-order valence-corrected chi connectivity index (χ0v) is 20.2. The van der Waals surface area contributed by atoms with Crippen molar-refractivity contribution >= 4 is 39.3 Å². The van der Waals surface area contributed by atoms with Gasteiger partial charge in [0.25, 0.3) is 5.91 Å². The summed E-state index contributed by atoms with van der Waals surface area (Å²) in [6.45, 7) is 5.97. The van der Waals surface area contributed by atoms with Crippen LogP contribution < -0.4 is 15.1 Å². The van der Waals surface area contributed by atoms with Gasteiger partial charge in [-0.3, -0.25) is 14.5 Å². The van der Waals surface area contributed by atoms with E-state index < -0.39 is 17.9 Å². The van der Waals surface area contributed by atoms with Crippen LogP contribution in [0.4, 0.5) is 5.13 Å². The van der Waals surface area contributed by atoms with E-state index in [0.29, 0.717) is 39.5 Å². The SMILES string of the molecule is CCOC(=O)c1sc(N2C(=O)c3oc4ccccc4c(=O)c3C2c2cccc(OCC)c2)nc1C. The number of aromatic nitrogens is 1. The molecule has 8 nitrogen and oxygen atoms in total. The normalized spacial score (nSPS) is 14.9. The summed E-state index contributed by atoms with van der Waals surface area (Å²) in [5.41, 5.74) is 1.38. The molecule has 1 unspecified atom stereocenters. The van der Waals surface area contributed by atoms with Crippen LogP contribution in [0, 0.1) is 6.92 Å². The van der Waals surface area contributed by atoms with Crippen LogP contribution in [-0.2, 0) is 4.74 Å². The molecule has 178 valence electrons. The zero-order chi connectivity index (χ0) is 24.7. The van der Waals surface area contributed by atoms with Crippen LogP contribution in [-0.4, -0.2) is 30.1 Å². The van der Waals surface area contributed by atoms with Gasteiger partial charge in [-0.1, -0.05) is 35.6 Å². The molecular formula is C26H22N2O6S. The van der Waals surface area contributed by atoms with Crippen LogP contribution in [0.15, 0.2) is 57.7 Å². The fourth-order valence-corrected chi connectivity index (χ4v) is 5.23. The maximum absolute atomic E-state index is 13.7. The largest absolute Gasteiger partial charge is 0.494 e. The number of anilines is 1. The molecule has 0 bridgehead atoms. The summed E-state index contributed by atoms with van der Waals surface area (Å²) in [4.78, 5) is 46.0. The first-order valence-corrected chi connectivity index (χ1v) is 12.0. The molecule has 1 aliphatic rings. The molecule has 35 heavy (non-hydrogen) atoms. The molecule has 0 fully saturated rings. The van der Waals surface area contributed by atoms with E-state index in [1.54, 1.807) is 50.2 Å². The number of hydrogen-bond acceptors (Lipinski definition) is 8. The van der Waals surface area contributed by atoms with Crippen molar-refractivity contribution in [2.45, 2.75) is 26.8 Å². The van der Waals surface area contributed by atoms with Crippen molar-refractivity contribution in [3.05, 3.63) is 86.2 Å². The number of rotatable bonds is 6. The van der Waals surface area contributed by atoms with Crippen molar-refractivity contribution in [2.24, 2.45) is 0 Å². The molecule has 0 spiro atoms. The Morgan fingerprint density at radius 2 is 1.91 bits per heavy atom. The van der Waals surface area contributed by atoms with E-state index in [2.05, 4.69) is 4.98 Å². The van der Waals surface area contributed by atoms with Crippen molar-refractivity contribution in [1.29, 1.82) is 0 Å². The number of carbonyl (C=O) groups is 2. The van der Waals surface area contributed by atoms with Gasteiger partial charge >= 0.3 is 5.97 Å². The van der Waals surface area contributed by atoms with E-state index in [0.717, 1.165) is 11.3 Å². The highest BCUT2D eigenvalue weighted by Gasteiger charge is 2.45. The molecule has 1 atom stereocenters. The Balaban J connectivity index is 1.74. The summed E-state index contributed by atoms with van der Waals surface area (Å²) in [5, 5.41) is 0.659. The zero-order valence-electron chi connectivity index (χ0n) is 19.4. The van der Waals surface area contributed by atoms with Gasteiger partial charge in [-0.05, 0) is 50.6 Å². The van der Waals surface area contributed by atoms with E-state index >= 15 is 0 Å². The maximum atomic E-state index is 13.7. The minimum absolute atomic E-state index is 0.0361. The second kappa shape index (κ2) is 8.99. The van der Waals surface area contributed by atoms with Gasteiger partial charge in [0.1, 0.15) is 16.2 Å². The maximum Gasteiger partial charge on any atom is 0.350 e. The number of para-hydroxylation sites is 1. The number of ether oxygens (including phenoxy) is 2. The van der Waals surface area contributed by atoms with Crippen molar-refractivity contribution in [3.8, 4) is 5.75 Å². The van der Waals surface area contributed by atoms with Gasteiger partial charge in [-0.15, -0.1) is 0 Å². The number of nitrogens with zero attached hydrogens (tertiary/aromatic N) is 2. The molecular weight excluding hydrogens is 468 g/mol. The van der Waals surface area contributed by atoms with Gasteiger partial charge < -0.3 is 13.9 Å². The predicted molar refractivity (Wildman–Crippen MR) is 132 cm³/mol. The third kappa shape index (κ3) is 3.77. The molecule has 1 aliphatic heterocycles. The second-order valence-electron chi connectivity index (χ2n) is 7.88. The van der Waals surface area contributed by atoms with Gasteiger partial charge in [0.05, 0.1) is 35.9 Å². The summed E-state index contributed by atoms with van der Waals surface area (Å²) < 4.78 is 16.8. The second-order valence-corrected chi connectivity index (χ2v) is 8.86. The van der Waals surface area contributed by atoms with Crippen molar-refractivity contribution in [1.82, 2.24) is 4.98 Å². The molecule has 0 aliphatic carbocycles. The molecule has 9 heteroatoms. The molecule has 0 N–H and O–H groups in total. The first kappa shape index (κ1) is 22.8. The highest BCUT2D eigenvalue weighted by atomic mass is 32.1. The van der Waals surface area contributed by atoms with Crippen molar-refractivity contribution in [3.63, 3.8) is 0 Å². The Labute approximate surface area is 204 Å². The molecule has 2 aromatic carbocycles. The average molecular weight is 491 g/mol. The lowest BCUT2D eigenvalue weighted by Crippen LogP contribution is -2.29. The lowest BCUT2D eigenvalue weighted by atomic mass is 9.98. The average Bonchev–Trinajstić information content (AvgIpc) is 3.37. The van der Waals surface area contributed by atoms with Crippen molar-refractivity contribution < 1.29 is 23.5 Å². The monoisotopic (exact) mass is 490 g/mol. The van der Waals surface area contributed by atoms with E-state index in [9.17, 15) is 14.4 Å². The summed E-state index contributed by atoms with van der Waals surface area (Å²) in [6, 6.07) is 13.3. The first-order valence-electron chi connectivity index (χ1n) is 11.2. The highest BCUT2D eigenvalue weighted by Crippen LogP contribution is 2.43. The van der Waals surface area contributed by atoms with Gasteiger partial charge in [0, 0.05) is 0 Å². The topological polar surface area (TPSA) is 98.9 Å². The lowest BCUT2D eigenvalue weighted by Gasteiger charge is -2.23. The molecule has 2 aromatic heterocycles. The molecule has 1 amide bonds. The van der Waals surface area contributed by atoms with Crippen LogP contribution in [0.2, 0.25) is 0 Å². The Morgan fingerprint density at radius 1 is 1.11 bits per heavy atom. The fourth-order valence-electron chi connectivity index (χ4n) is 4.24. The Morgan fingerprint density at radius 3 is 2.69 bits per heavy atom. The number of carbonyl (C=O) groups excluding carboxylic acids is 2. The van der Waals surface area contributed by atoms with E-state index in [4.69, 9.17) is 13.9 Å². The van der Waals surface area contributed by atoms with Crippen LogP contribution in [0.5, 0.6) is 5.75 Å². The Bertz CT molecular complexity index is 1520. The minimum Gasteiger partial charge on any atom is -0.494 e. The third-order valence-corrected chi connectivity index (χ3v) is 6.85. The third-order valence-electron chi connectivity index (χ3n) is 5.71. The number of amides is 1. The summed E-state index contributed by atoms with van der Waals surface area (Å²) >= 11 is 1.05. The highest BCUT2D eigenvalue weighted by molar-refractivity contribution is 7.17. The van der Waals surface area contributed by atoms with Crippen LogP contribution >= 0.6 is 11.3 Å². The van der Waals surface area contributed by atoms with E-state index in [1.807, 2.05) is 19.1 Å². The Kier molecular flexibility index (Phi) is 5.86. The standard InChI is InChI=1S/C26H22N2O6S/c1-4-32-16-10-8-9-15(13-16)20-19-21(29)17-11-6-7-12-18(17)34-22(19)24(30)28(20)26-27-14(3)23(35-26)25(31)33-5-2/h6-13,20H,4-5H2,1-3H3. The number of aryl methyl sites for hydroxylation is 1.